The first kappa shape index (κ1) is 17.8. The Morgan fingerprint density at radius 1 is 0.652 bits per heavy atom. The van der Waals surface area contributed by atoms with Crippen molar-refractivity contribution in [3.8, 4) is 11.1 Å². The molecule has 124 valence electrons. The number of hydrogen-bond acceptors (Lipinski definition) is 0. The Labute approximate surface area is 143 Å². The monoisotopic (exact) mass is 308 g/mol. The molecule has 0 radical (unpaired) electrons. The highest BCUT2D eigenvalue weighted by molar-refractivity contribution is 5.64. The lowest BCUT2D eigenvalue weighted by Gasteiger charge is -2.08. The van der Waals surface area contributed by atoms with Gasteiger partial charge in [-0.05, 0) is 41.0 Å². The van der Waals surface area contributed by atoms with Crippen LogP contribution in [0, 0.1) is 0 Å². The zero-order valence-electron chi connectivity index (χ0n) is 15.1. The molecule has 0 aliphatic heterocycles. The summed E-state index contributed by atoms with van der Waals surface area (Å²) in [7, 11) is 0. The fourth-order valence-corrected chi connectivity index (χ4v) is 3.03. The molecule has 0 saturated heterocycles. The van der Waals surface area contributed by atoms with Crippen LogP contribution in [0.5, 0.6) is 0 Å². The van der Waals surface area contributed by atoms with Gasteiger partial charge in [-0.3, -0.25) is 0 Å². The average molecular weight is 309 g/mol. The third-order valence-corrected chi connectivity index (χ3v) is 4.68. The van der Waals surface area contributed by atoms with Crippen LogP contribution in [0.15, 0.2) is 48.5 Å². The summed E-state index contributed by atoms with van der Waals surface area (Å²) in [6, 6.07) is 18.2. The van der Waals surface area contributed by atoms with E-state index < -0.39 is 0 Å². The second kappa shape index (κ2) is 9.55. The SMILES string of the molecule is CCCCCCCCc1ccc(-c2ccc(C(C)C)cc2)cc1. The van der Waals surface area contributed by atoms with Crippen LogP contribution in [0.25, 0.3) is 11.1 Å². The van der Waals surface area contributed by atoms with Crippen molar-refractivity contribution in [2.24, 2.45) is 0 Å². The molecule has 0 aromatic heterocycles. The zero-order valence-corrected chi connectivity index (χ0v) is 15.1. The quantitative estimate of drug-likeness (QED) is 0.424. The Hall–Kier alpha value is -1.56. The Morgan fingerprint density at radius 2 is 1.17 bits per heavy atom. The third kappa shape index (κ3) is 5.86. The summed E-state index contributed by atoms with van der Waals surface area (Å²) in [5.74, 6) is 0.601. The molecule has 2 aromatic rings. The molecule has 0 heteroatoms. The first-order valence-electron chi connectivity index (χ1n) is 9.40. The van der Waals surface area contributed by atoms with Crippen LogP contribution in [0.2, 0.25) is 0 Å². The molecule has 2 aromatic carbocycles. The van der Waals surface area contributed by atoms with Crippen molar-refractivity contribution in [2.45, 2.75) is 71.6 Å². The van der Waals surface area contributed by atoms with Crippen molar-refractivity contribution in [3.63, 3.8) is 0 Å². The predicted molar refractivity (Wildman–Crippen MR) is 103 cm³/mol. The maximum atomic E-state index is 2.30. The van der Waals surface area contributed by atoms with Gasteiger partial charge in [0.2, 0.25) is 0 Å². The Morgan fingerprint density at radius 3 is 1.74 bits per heavy atom. The van der Waals surface area contributed by atoms with E-state index in [1.165, 1.54) is 67.2 Å². The Kier molecular flexibility index (Phi) is 7.39. The van der Waals surface area contributed by atoms with Crippen molar-refractivity contribution in [1.82, 2.24) is 0 Å². The predicted octanol–water partition coefficient (Wildman–Crippen LogP) is 7.38. The summed E-state index contributed by atoms with van der Waals surface area (Å²) >= 11 is 0. The summed E-state index contributed by atoms with van der Waals surface area (Å²) < 4.78 is 0. The molecular formula is C23H32. The maximum absolute atomic E-state index is 2.30. The van der Waals surface area contributed by atoms with Gasteiger partial charge in [0.1, 0.15) is 0 Å². The van der Waals surface area contributed by atoms with Gasteiger partial charge in [-0.2, -0.15) is 0 Å². The lowest BCUT2D eigenvalue weighted by atomic mass is 9.97. The number of rotatable bonds is 9. The van der Waals surface area contributed by atoms with Gasteiger partial charge in [0.15, 0.2) is 0 Å². The fraction of sp³-hybridized carbons (Fsp3) is 0.478. The smallest absolute Gasteiger partial charge is 0.0184 e. The van der Waals surface area contributed by atoms with Gasteiger partial charge in [0.25, 0.3) is 0 Å². The van der Waals surface area contributed by atoms with E-state index in [1.54, 1.807) is 0 Å². The summed E-state index contributed by atoms with van der Waals surface area (Å²) in [5, 5.41) is 0. The molecule has 2 rings (SSSR count). The van der Waals surface area contributed by atoms with Crippen LogP contribution in [-0.2, 0) is 6.42 Å². The molecule has 0 fully saturated rings. The van der Waals surface area contributed by atoms with Crippen LogP contribution in [-0.4, -0.2) is 0 Å². The van der Waals surface area contributed by atoms with Gasteiger partial charge >= 0.3 is 0 Å². The molecule has 0 bridgehead atoms. The molecule has 23 heavy (non-hydrogen) atoms. The normalized spacial score (nSPS) is 11.1. The summed E-state index contributed by atoms with van der Waals surface area (Å²) in [6.45, 7) is 6.76. The molecule has 0 unspecified atom stereocenters. The van der Waals surface area contributed by atoms with Crippen molar-refractivity contribution in [3.05, 3.63) is 59.7 Å². The van der Waals surface area contributed by atoms with Crippen LogP contribution in [0.4, 0.5) is 0 Å². The molecular weight excluding hydrogens is 276 g/mol. The minimum absolute atomic E-state index is 0.601. The van der Waals surface area contributed by atoms with E-state index in [-0.39, 0.29) is 0 Å². The van der Waals surface area contributed by atoms with E-state index in [1.807, 2.05) is 0 Å². The minimum atomic E-state index is 0.601. The average Bonchev–Trinajstić information content (AvgIpc) is 2.58. The van der Waals surface area contributed by atoms with E-state index in [0.717, 1.165) is 0 Å². The van der Waals surface area contributed by atoms with Crippen molar-refractivity contribution in [1.29, 1.82) is 0 Å². The summed E-state index contributed by atoms with van der Waals surface area (Å²) in [6.07, 6.45) is 9.45. The van der Waals surface area contributed by atoms with Gasteiger partial charge in [0.05, 0.1) is 0 Å². The largest absolute Gasteiger partial charge is 0.0654 e. The van der Waals surface area contributed by atoms with E-state index in [0.29, 0.717) is 5.92 Å². The minimum Gasteiger partial charge on any atom is -0.0654 e. The van der Waals surface area contributed by atoms with Crippen molar-refractivity contribution in [2.75, 3.05) is 0 Å². The number of aryl methyl sites for hydroxylation is 1. The first-order valence-corrected chi connectivity index (χ1v) is 9.40. The van der Waals surface area contributed by atoms with E-state index in [4.69, 9.17) is 0 Å². The summed E-state index contributed by atoms with van der Waals surface area (Å²) in [5.41, 5.74) is 5.53. The highest BCUT2D eigenvalue weighted by Gasteiger charge is 2.01. The van der Waals surface area contributed by atoms with E-state index >= 15 is 0 Å². The van der Waals surface area contributed by atoms with E-state index in [9.17, 15) is 0 Å². The van der Waals surface area contributed by atoms with Crippen LogP contribution >= 0.6 is 0 Å². The second-order valence-corrected chi connectivity index (χ2v) is 6.99. The Bertz CT molecular complexity index is 546. The number of hydrogen-bond donors (Lipinski definition) is 0. The number of benzene rings is 2. The maximum Gasteiger partial charge on any atom is -0.0184 e. The second-order valence-electron chi connectivity index (χ2n) is 6.99. The van der Waals surface area contributed by atoms with Gasteiger partial charge in [-0.25, -0.2) is 0 Å². The highest BCUT2D eigenvalue weighted by Crippen LogP contribution is 2.23. The van der Waals surface area contributed by atoms with Crippen LogP contribution in [0.1, 0.15) is 76.3 Å². The molecule has 0 amide bonds. The van der Waals surface area contributed by atoms with Crippen molar-refractivity contribution < 1.29 is 0 Å². The van der Waals surface area contributed by atoms with Gasteiger partial charge in [0, 0.05) is 0 Å². The molecule has 0 heterocycles. The molecule has 0 spiro atoms. The highest BCUT2D eigenvalue weighted by atomic mass is 14.1. The molecule has 0 N–H and O–H groups in total. The molecule has 0 saturated carbocycles. The lowest BCUT2D eigenvalue weighted by Crippen LogP contribution is -1.88. The Balaban J connectivity index is 1.84. The van der Waals surface area contributed by atoms with E-state index in [2.05, 4.69) is 69.3 Å². The standard InChI is InChI=1S/C23H32/c1-4-5-6-7-8-9-10-20-11-13-22(14-12-20)23-17-15-21(16-18-23)19(2)3/h11-19H,4-10H2,1-3H3. The number of unbranched alkanes of at least 4 members (excludes halogenated alkanes) is 5. The van der Waals surface area contributed by atoms with Gasteiger partial charge in [-0.15, -0.1) is 0 Å². The van der Waals surface area contributed by atoms with Gasteiger partial charge < -0.3 is 0 Å². The molecule has 0 aliphatic rings. The fourth-order valence-electron chi connectivity index (χ4n) is 3.03. The summed E-state index contributed by atoms with van der Waals surface area (Å²) in [4.78, 5) is 0. The van der Waals surface area contributed by atoms with Crippen LogP contribution < -0.4 is 0 Å². The topological polar surface area (TPSA) is 0 Å². The zero-order chi connectivity index (χ0) is 16.5. The lowest BCUT2D eigenvalue weighted by molar-refractivity contribution is 0.607. The molecule has 0 atom stereocenters. The first-order chi connectivity index (χ1) is 11.2. The molecule has 0 aliphatic carbocycles. The van der Waals surface area contributed by atoms with Crippen molar-refractivity contribution >= 4 is 0 Å². The van der Waals surface area contributed by atoms with Crippen LogP contribution in [0.3, 0.4) is 0 Å². The van der Waals surface area contributed by atoms with Gasteiger partial charge in [-0.1, -0.05) is 101 Å². The third-order valence-electron chi connectivity index (χ3n) is 4.68. The molecule has 0 nitrogen and oxygen atoms in total.